The molecule has 1 unspecified atom stereocenters. The molecule has 4 rings (SSSR count). The van der Waals surface area contributed by atoms with Gasteiger partial charge in [0.25, 0.3) is 0 Å². The lowest BCUT2D eigenvalue weighted by Gasteiger charge is -2.30. The summed E-state index contributed by atoms with van der Waals surface area (Å²) in [7, 11) is 5.92. The number of carbonyl (C=O) groups excluding carboxylic acids is 1. The van der Waals surface area contributed by atoms with E-state index in [1.807, 2.05) is 53.4 Å². The number of anilines is 1. The third-order valence-corrected chi connectivity index (χ3v) is 7.66. The molecule has 0 bridgehead atoms. The van der Waals surface area contributed by atoms with Gasteiger partial charge >= 0.3 is 5.97 Å². The van der Waals surface area contributed by atoms with Gasteiger partial charge in [0, 0.05) is 31.3 Å². The van der Waals surface area contributed by atoms with Gasteiger partial charge in [-0.15, -0.1) is 0 Å². The van der Waals surface area contributed by atoms with Crippen LogP contribution in [-0.2, 0) is 22.6 Å². The molecule has 4 aromatic rings. The second-order valence-electron chi connectivity index (χ2n) is 9.04. The van der Waals surface area contributed by atoms with Gasteiger partial charge in [-0.2, -0.15) is 0 Å². The first-order valence-corrected chi connectivity index (χ1v) is 13.7. The fraction of sp³-hybridized carbons (Fsp3) is 0.226. The van der Waals surface area contributed by atoms with E-state index in [1.54, 1.807) is 26.4 Å². The number of esters is 1. The van der Waals surface area contributed by atoms with Crippen molar-refractivity contribution in [1.29, 1.82) is 0 Å². The number of ether oxygens (including phenoxy) is 4. The zero-order valence-electron chi connectivity index (χ0n) is 23.0. The van der Waals surface area contributed by atoms with E-state index < -0.39 is 17.9 Å². The van der Waals surface area contributed by atoms with Crippen LogP contribution in [0, 0.1) is 5.82 Å². The minimum absolute atomic E-state index is 0.212. The summed E-state index contributed by atoms with van der Waals surface area (Å²) in [5.41, 5.74) is 2.63. The standard InChI is InChI=1S/C31H29BrClFN2O5/c1-38-21-12-8-19(9-13-21)17-36(18-20-10-14-22(39-2)15-11-20)30-24(16-25(32)29(33)35-30)28(40-3)23-6-5-7-26(34)27(23)31(37)41-4/h5-16,28H,17-18H2,1-4H3. The van der Waals surface area contributed by atoms with Gasteiger partial charge in [0.05, 0.1) is 25.8 Å². The molecule has 0 saturated carbocycles. The molecule has 7 nitrogen and oxygen atoms in total. The van der Waals surface area contributed by atoms with Gasteiger partial charge in [-0.25, -0.2) is 14.2 Å². The second-order valence-corrected chi connectivity index (χ2v) is 10.2. The topological polar surface area (TPSA) is 70.1 Å². The molecular weight excluding hydrogens is 615 g/mol. The van der Waals surface area contributed by atoms with Crippen LogP contribution in [0.25, 0.3) is 0 Å². The van der Waals surface area contributed by atoms with Crippen LogP contribution < -0.4 is 14.4 Å². The summed E-state index contributed by atoms with van der Waals surface area (Å²) < 4.78 is 36.9. The molecule has 1 aromatic heterocycles. The normalized spacial score (nSPS) is 11.6. The number of halogens is 3. The number of aromatic nitrogens is 1. The Kier molecular flexibility index (Phi) is 10.2. The van der Waals surface area contributed by atoms with Crippen molar-refractivity contribution in [3.05, 3.63) is 116 Å². The van der Waals surface area contributed by atoms with Crippen LogP contribution in [0.4, 0.5) is 10.2 Å². The SMILES string of the molecule is COC(=O)c1c(F)cccc1C(OC)c1cc(Br)c(Cl)nc1N(Cc1ccc(OC)cc1)Cc1ccc(OC)cc1. The summed E-state index contributed by atoms with van der Waals surface area (Å²) in [4.78, 5) is 19.4. The summed E-state index contributed by atoms with van der Waals surface area (Å²) in [5, 5.41) is 0.237. The Morgan fingerprint density at radius 1 is 0.902 bits per heavy atom. The highest BCUT2D eigenvalue weighted by atomic mass is 79.9. The summed E-state index contributed by atoms with van der Waals surface area (Å²) in [6, 6.07) is 21.6. The van der Waals surface area contributed by atoms with Gasteiger partial charge in [0.1, 0.15) is 40.0 Å². The lowest BCUT2D eigenvalue weighted by atomic mass is 9.96. The first kappa shape index (κ1) is 30.3. The number of rotatable bonds is 11. The maximum atomic E-state index is 15.0. The maximum absolute atomic E-state index is 15.0. The molecule has 0 saturated heterocycles. The Balaban J connectivity index is 1.88. The molecule has 0 amide bonds. The molecule has 0 aliphatic heterocycles. The van der Waals surface area contributed by atoms with Crippen LogP contribution in [0.5, 0.6) is 11.5 Å². The number of benzene rings is 3. The van der Waals surface area contributed by atoms with Crippen LogP contribution in [0.2, 0.25) is 5.15 Å². The molecule has 214 valence electrons. The summed E-state index contributed by atoms with van der Waals surface area (Å²) >= 11 is 10.0. The van der Waals surface area contributed by atoms with Gasteiger partial charge in [-0.05, 0) is 63.5 Å². The van der Waals surface area contributed by atoms with E-state index in [4.69, 9.17) is 35.5 Å². The number of hydrogen-bond donors (Lipinski definition) is 0. The minimum atomic E-state index is -0.884. The van der Waals surface area contributed by atoms with Crippen molar-refractivity contribution in [3.63, 3.8) is 0 Å². The Hall–Kier alpha value is -3.66. The van der Waals surface area contributed by atoms with Crippen LogP contribution >= 0.6 is 27.5 Å². The van der Waals surface area contributed by atoms with Gasteiger partial charge in [0.15, 0.2) is 0 Å². The highest BCUT2D eigenvalue weighted by molar-refractivity contribution is 9.10. The summed E-state index contributed by atoms with van der Waals surface area (Å²) in [6.07, 6.45) is -0.884. The molecule has 0 radical (unpaired) electrons. The Labute approximate surface area is 251 Å². The quantitative estimate of drug-likeness (QED) is 0.125. The Bertz CT molecular complexity index is 1450. The predicted molar refractivity (Wildman–Crippen MR) is 159 cm³/mol. The molecule has 1 atom stereocenters. The van der Waals surface area contributed by atoms with Crippen molar-refractivity contribution in [2.45, 2.75) is 19.2 Å². The molecular formula is C31H29BrClFN2O5. The molecule has 1 heterocycles. The number of methoxy groups -OCH3 is 4. The number of pyridine rings is 1. The number of hydrogen-bond acceptors (Lipinski definition) is 7. The maximum Gasteiger partial charge on any atom is 0.341 e. The molecule has 3 aromatic carbocycles. The zero-order valence-corrected chi connectivity index (χ0v) is 25.3. The molecule has 0 N–H and O–H groups in total. The minimum Gasteiger partial charge on any atom is -0.497 e. The first-order valence-electron chi connectivity index (χ1n) is 12.6. The lowest BCUT2D eigenvalue weighted by Crippen LogP contribution is -2.26. The van der Waals surface area contributed by atoms with Gasteiger partial charge in [-0.1, -0.05) is 48.0 Å². The smallest absolute Gasteiger partial charge is 0.341 e. The molecule has 0 spiro atoms. The van der Waals surface area contributed by atoms with Crippen molar-refractivity contribution in [2.75, 3.05) is 33.3 Å². The Morgan fingerprint density at radius 3 is 1.95 bits per heavy atom. The molecule has 41 heavy (non-hydrogen) atoms. The highest BCUT2D eigenvalue weighted by Gasteiger charge is 2.29. The Morgan fingerprint density at radius 2 is 1.46 bits per heavy atom. The monoisotopic (exact) mass is 642 g/mol. The van der Waals surface area contributed by atoms with E-state index in [0.717, 1.165) is 22.6 Å². The van der Waals surface area contributed by atoms with Crippen molar-refractivity contribution >= 4 is 39.3 Å². The van der Waals surface area contributed by atoms with Crippen LogP contribution in [-0.4, -0.2) is 39.4 Å². The fourth-order valence-electron chi connectivity index (χ4n) is 4.52. The van der Waals surface area contributed by atoms with Crippen molar-refractivity contribution in [3.8, 4) is 11.5 Å². The number of nitrogens with zero attached hydrogens (tertiary/aromatic N) is 2. The molecule has 0 aliphatic rings. The van der Waals surface area contributed by atoms with Gasteiger partial charge in [0.2, 0.25) is 0 Å². The van der Waals surface area contributed by atoms with E-state index in [1.165, 1.54) is 26.4 Å². The van der Waals surface area contributed by atoms with Crippen molar-refractivity contribution in [1.82, 2.24) is 4.98 Å². The van der Waals surface area contributed by atoms with E-state index >= 15 is 0 Å². The van der Waals surface area contributed by atoms with Crippen molar-refractivity contribution < 1.29 is 28.1 Å². The lowest BCUT2D eigenvalue weighted by molar-refractivity contribution is 0.0586. The van der Waals surface area contributed by atoms with E-state index in [2.05, 4.69) is 15.9 Å². The van der Waals surface area contributed by atoms with Crippen molar-refractivity contribution in [2.24, 2.45) is 0 Å². The van der Waals surface area contributed by atoms with Crippen LogP contribution in [0.15, 0.2) is 77.3 Å². The first-order chi connectivity index (χ1) is 19.8. The van der Waals surface area contributed by atoms with Gasteiger partial charge < -0.3 is 23.8 Å². The molecule has 0 aliphatic carbocycles. The average molecular weight is 644 g/mol. The predicted octanol–water partition coefficient (Wildman–Crippen LogP) is 7.38. The van der Waals surface area contributed by atoms with Gasteiger partial charge in [-0.3, -0.25) is 0 Å². The van der Waals surface area contributed by atoms with Crippen LogP contribution in [0.1, 0.15) is 38.7 Å². The summed E-state index contributed by atoms with van der Waals surface area (Å²) in [5.74, 6) is 0.448. The number of carbonyl (C=O) groups is 1. The summed E-state index contributed by atoms with van der Waals surface area (Å²) in [6.45, 7) is 0.884. The van der Waals surface area contributed by atoms with Crippen LogP contribution in [0.3, 0.4) is 0 Å². The van der Waals surface area contributed by atoms with E-state index in [0.29, 0.717) is 34.5 Å². The average Bonchev–Trinajstić information content (AvgIpc) is 2.99. The third-order valence-electron chi connectivity index (χ3n) is 6.54. The fourth-order valence-corrected chi connectivity index (χ4v) is 4.99. The highest BCUT2D eigenvalue weighted by Crippen LogP contribution is 2.39. The van der Waals surface area contributed by atoms with E-state index in [-0.39, 0.29) is 10.7 Å². The zero-order chi connectivity index (χ0) is 29.5. The second kappa shape index (κ2) is 13.8. The molecule has 0 fully saturated rings. The largest absolute Gasteiger partial charge is 0.497 e. The van der Waals surface area contributed by atoms with E-state index in [9.17, 15) is 9.18 Å². The molecule has 10 heteroatoms. The third kappa shape index (κ3) is 6.98.